The van der Waals surface area contributed by atoms with Gasteiger partial charge >= 0.3 is 0 Å². The summed E-state index contributed by atoms with van der Waals surface area (Å²) in [5.74, 6) is 0.760. The van der Waals surface area contributed by atoms with Gasteiger partial charge in [-0.1, -0.05) is 35.5 Å². The second kappa shape index (κ2) is 6.12. The fourth-order valence-corrected chi connectivity index (χ4v) is 3.72. The highest BCUT2D eigenvalue weighted by molar-refractivity contribution is 5.76. The summed E-state index contributed by atoms with van der Waals surface area (Å²) >= 11 is 0. The summed E-state index contributed by atoms with van der Waals surface area (Å²) in [6.45, 7) is 3.09. The van der Waals surface area contributed by atoms with Crippen molar-refractivity contribution in [3.8, 4) is 11.3 Å². The summed E-state index contributed by atoms with van der Waals surface area (Å²) in [5, 5.41) is 11.7. The molecule has 0 radical (unpaired) electrons. The minimum Gasteiger partial charge on any atom is -0.337 e. The van der Waals surface area contributed by atoms with Gasteiger partial charge in [0.05, 0.1) is 6.20 Å². The van der Waals surface area contributed by atoms with Crippen molar-refractivity contribution in [3.05, 3.63) is 36.5 Å². The van der Waals surface area contributed by atoms with Gasteiger partial charge in [-0.05, 0) is 18.8 Å². The number of nitrogens with one attached hydrogen (secondary N) is 1. The number of fused-ring (bicyclic) bond motifs is 1. The molecule has 2 atom stereocenters. The van der Waals surface area contributed by atoms with Crippen molar-refractivity contribution < 1.29 is 4.79 Å². The zero-order chi connectivity index (χ0) is 15.6. The third-order valence-corrected chi connectivity index (χ3v) is 4.90. The molecule has 6 heteroatoms. The Labute approximate surface area is 135 Å². The fraction of sp³-hybridized carbons (Fsp3) is 0.471. The predicted octanol–water partition coefficient (Wildman–Crippen LogP) is 1.16. The number of hydrogen-bond acceptors (Lipinski definition) is 4. The van der Waals surface area contributed by atoms with Gasteiger partial charge in [-0.15, -0.1) is 5.10 Å². The molecule has 120 valence electrons. The molecule has 0 unspecified atom stereocenters. The molecule has 0 aliphatic carbocycles. The van der Waals surface area contributed by atoms with E-state index >= 15 is 0 Å². The van der Waals surface area contributed by atoms with E-state index in [0.29, 0.717) is 12.0 Å². The van der Waals surface area contributed by atoms with Gasteiger partial charge in [-0.25, -0.2) is 4.68 Å². The van der Waals surface area contributed by atoms with Gasteiger partial charge in [0.2, 0.25) is 5.91 Å². The van der Waals surface area contributed by atoms with E-state index in [2.05, 4.69) is 15.6 Å². The standard InChI is InChI=1S/C17H21N5O/c23-17(22-8-4-7-14-9-18-10-16(14)22)12-21-11-15(19-20-21)13-5-2-1-3-6-13/h1-3,5-6,11,14,16,18H,4,7-10,12H2/t14-,16+/m0/s1. The van der Waals surface area contributed by atoms with Crippen LogP contribution in [0.2, 0.25) is 0 Å². The van der Waals surface area contributed by atoms with Gasteiger partial charge in [-0.2, -0.15) is 0 Å². The number of carbonyl (C=O) groups excluding carboxylic acids is 1. The molecule has 3 heterocycles. The van der Waals surface area contributed by atoms with Crippen molar-refractivity contribution in [2.45, 2.75) is 25.4 Å². The number of nitrogens with zero attached hydrogens (tertiary/aromatic N) is 4. The van der Waals surface area contributed by atoms with Crippen LogP contribution in [-0.4, -0.2) is 51.5 Å². The first-order chi connectivity index (χ1) is 11.3. The first-order valence-corrected chi connectivity index (χ1v) is 8.27. The van der Waals surface area contributed by atoms with E-state index in [1.54, 1.807) is 4.68 Å². The van der Waals surface area contributed by atoms with E-state index in [9.17, 15) is 4.79 Å². The Hall–Kier alpha value is -2.21. The Balaban J connectivity index is 1.46. The van der Waals surface area contributed by atoms with E-state index in [1.165, 1.54) is 6.42 Å². The molecule has 23 heavy (non-hydrogen) atoms. The molecule has 0 saturated carbocycles. The van der Waals surface area contributed by atoms with Crippen molar-refractivity contribution in [2.24, 2.45) is 5.92 Å². The number of amides is 1. The van der Waals surface area contributed by atoms with Gasteiger partial charge in [0.1, 0.15) is 12.2 Å². The number of piperidine rings is 1. The molecule has 2 aliphatic heterocycles. The summed E-state index contributed by atoms with van der Waals surface area (Å²) in [6.07, 6.45) is 4.17. The predicted molar refractivity (Wildman–Crippen MR) is 86.6 cm³/mol. The van der Waals surface area contributed by atoms with Crippen LogP contribution < -0.4 is 5.32 Å². The van der Waals surface area contributed by atoms with Gasteiger partial charge < -0.3 is 10.2 Å². The number of carbonyl (C=O) groups is 1. The second-order valence-corrected chi connectivity index (χ2v) is 6.38. The maximum absolute atomic E-state index is 12.7. The molecule has 1 aromatic carbocycles. The lowest BCUT2D eigenvalue weighted by Crippen LogP contribution is -2.49. The van der Waals surface area contributed by atoms with Gasteiger partial charge in [-0.3, -0.25) is 4.79 Å². The Morgan fingerprint density at radius 3 is 3.00 bits per heavy atom. The summed E-state index contributed by atoms with van der Waals surface area (Å²) in [5.41, 5.74) is 1.82. The van der Waals surface area contributed by atoms with Crippen molar-refractivity contribution in [3.63, 3.8) is 0 Å². The smallest absolute Gasteiger partial charge is 0.244 e. The zero-order valence-corrected chi connectivity index (χ0v) is 13.1. The van der Waals surface area contributed by atoms with Crippen LogP contribution in [0.15, 0.2) is 36.5 Å². The molecular formula is C17H21N5O. The van der Waals surface area contributed by atoms with E-state index in [-0.39, 0.29) is 12.5 Å². The summed E-state index contributed by atoms with van der Waals surface area (Å²) in [6, 6.07) is 10.3. The molecule has 0 bridgehead atoms. The van der Waals surface area contributed by atoms with Crippen LogP contribution >= 0.6 is 0 Å². The molecular weight excluding hydrogens is 290 g/mol. The van der Waals surface area contributed by atoms with Crippen molar-refractivity contribution in [1.82, 2.24) is 25.2 Å². The van der Waals surface area contributed by atoms with Crippen LogP contribution in [-0.2, 0) is 11.3 Å². The van der Waals surface area contributed by atoms with E-state index in [1.807, 2.05) is 41.4 Å². The monoisotopic (exact) mass is 311 g/mol. The molecule has 6 nitrogen and oxygen atoms in total. The first-order valence-electron chi connectivity index (χ1n) is 8.27. The fourth-order valence-electron chi connectivity index (χ4n) is 3.72. The third kappa shape index (κ3) is 2.86. The minimum absolute atomic E-state index is 0.146. The number of likely N-dealkylation sites (tertiary alicyclic amines) is 1. The quantitative estimate of drug-likeness (QED) is 0.924. The molecule has 1 N–H and O–H groups in total. The Morgan fingerprint density at radius 2 is 2.13 bits per heavy atom. The Bertz CT molecular complexity index is 683. The number of hydrogen-bond donors (Lipinski definition) is 1. The van der Waals surface area contributed by atoms with Crippen LogP contribution in [0, 0.1) is 5.92 Å². The van der Waals surface area contributed by atoms with Gasteiger partial charge in [0, 0.05) is 31.2 Å². The Kier molecular flexibility index (Phi) is 3.83. The van der Waals surface area contributed by atoms with Crippen LogP contribution in [0.5, 0.6) is 0 Å². The highest BCUT2D eigenvalue weighted by Gasteiger charge is 2.37. The largest absolute Gasteiger partial charge is 0.337 e. The minimum atomic E-state index is 0.146. The highest BCUT2D eigenvalue weighted by atomic mass is 16.2. The highest BCUT2D eigenvalue weighted by Crippen LogP contribution is 2.26. The van der Waals surface area contributed by atoms with E-state index in [0.717, 1.165) is 37.3 Å². The lowest BCUT2D eigenvalue weighted by atomic mass is 9.92. The van der Waals surface area contributed by atoms with Crippen molar-refractivity contribution in [2.75, 3.05) is 19.6 Å². The summed E-state index contributed by atoms with van der Waals surface area (Å²) in [4.78, 5) is 14.7. The first kappa shape index (κ1) is 14.4. The topological polar surface area (TPSA) is 63.1 Å². The third-order valence-electron chi connectivity index (χ3n) is 4.90. The van der Waals surface area contributed by atoms with Crippen LogP contribution in [0.4, 0.5) is 0 Å². The maximum atomic E-state index is 12.7. The SMILES string of the molecule is O=C(Cn1cc(-c2ccccc2)nn1)N1CCC[C@H]2CNC[C@H]21. The average Bonchev–Trinajstić information content (AvgIpc) is 3.24. The lowest BCUT2D eigenvalue weighted by molar-refractivity contribution is -0.136. The average molecular weight is 311 g/mol. The normalized spacial score (nSPS) is 23.7. The van der Waals surface area contributed by atoms with Gasteiger partial charge in [0.15, 0.2) is 0 Å². The number of benzene rings is 1. The maximum Gasteiger partial charge on any atom is 0.244 e. The zero-order valence-electron chi connectivity index (χ0n) is 13.1. The van der Waals surface area contributed by atoms with Crippen LogP contribution in [0.1, 0.15) is 12.8 Å². The number of rotatable bonds is 3. The van der Waals surface area contributed by atoms with E-state index < -0.39 is 0 Å². The van der Waals surface area contributed by atoms with Crippen LogP contribution in [0.3, 0.4) is 0 Å². The molecule has 2 aromatic rings. The van der Waals surface area contributed by atoms with E-state index in [4.69, 9.17) is 0 Å². The number of aromatic nitrogens is 3. The molecule has 2 fully saturated rings. The molecule has 4 rings (SSSR count). The summed E-state index contributed by atoms with van der Waals surface area (Å²) < 4.78 is 1.65. The van der Waals surface area contributed by atoms with Crippen LogP contribution in [0.25, 0.3) is 11.3 Å². The van der Waals surface area contributed by atoms with Gasteiger partial charge in [0.25, 0.3) is 0 Å². The Morgan fingerprint density at radius 1 is 1.26 bits per heavy atom. The molecule has 1 aromatic heterocycles. The summed E-state index contributed by atoms with van der Waals surface area (Å²) in [7, 11) is 0. The molecule has 0 spiro atoms. The van der Waals surface area contributed by atoms with Crippen molar-refractivity contribution >= 4 is 5.91 Å². The van der Waals surface area contributed by atoms with Crippen molar-refractivity contribution in [1.29, 1.82) is 0 Å². The molecule has 2 saturated heterocycles. The second-order valence-electron chi connectivity index (χ2n) is 6.38. The lowest BCUT2D eigenvalue weighted by Gasteiger charge is -2.37. The molecule has 1 amide bonds. The molecule has 2 aliphatic rings.